The molecule has 0 aliphatic carbocycles. The number of benzene rings is 1. The minimum atomic E-state index is -0.406. The highest BCUT2D eigenvalue weighted by atomic mass is 16.5. The first kappa shape index (κ1) is 22.2. The largest absolute Gasteiger partial charge is 0.493 e. The summed E-state index contributed by atoms with van der Waals surface area (Å²) in [5.74, 6) is 0.173. The Bertz CT molecular complexity index is 922. The van der Waals surface area contributed by atoms with Crippen LogP contribution in [0.1, 0.15) is 18.7 Å². The monoisotopic (exact) mass is 416 g/mol. The van der Waals surface area contributed by atoms with Gasteiger partial charge in [-0.25, -0.2) is 0 Å². The molecule has 158 valence electrons. The Morgan fingerprint density at radius 3 is 2.47 bits per heavy atom. The van der Waals surface area contributed by atoms with Crippen LogP contribution in [0.5, 0.6) is 11.5 Å². The van der Waals surface area contributed by atoms with E-state index in [4.69, 9.17) is 9.47 Å². The second kappa shape index (κ2) is 11.6. The van der Waals surface area contributed by atoms with Gasteiger partial charge in [0.2, 0.25) is 5.82 Å². The molecule has 0 amide bonds. The van der Waals surface area contributed by atoms with Crippen molar-refractivity contribution >= 4 is 23.2 Å². The number of aromatic amines is 1. The molecule has 0 atom stereocenters. The summed E-state index contributed by atoms with van der Waals surface area (Å²) in [6, 6.07) is 6.84. The quantitative estimate of drug-likeness (QED) is 0.398. The lowest BCUT2D eigenvalue weighted by Gasteiger charge is -2.13. The average molecular weight is 416 g/mol. The number of rotatable bonds is 11. The molecule has 0 saturated carbocycles. The number of nitriles is 1. The smallest absolute Gasteiger partial charge is 0.308 e. The molecule has 1 heterocycles. The molecular formula is C18H20N6O6. The number of nitrogens with one attached hydrogen (secondary N) is 2. The molecule has 0 unspecified atom stereocenters. The Kier molecular flexibility index (Phi) is 8.60. The van der Waals surface area contributed by atoms with Crippen molar-refractivity contribution < 1.29 is 28.5 Å². The second-order valence-corrected chi connectivity index (χ2v) is 5.56. The van der Waals surface area contributed by atoms with Crippen LogP contribution < -0.4 is 14.8 Å². The van der Waals surface area contributed by atoms with Crippen molar-refractivity contribution in [3.8, 4) is 17.6 Å². The standard InChI is InChI=1S/C18H20N6O6/c1-27-16(25)5-7-29-13-3-4-15(30-8-6-17(26)28-2)14(9-13)20-11-12(10-19)18-21-23-24-22-18/h3-4,9,11,20H,5-8H2,1-2H3,(H,21,22,23,24). The zero-order chi connectivity index (χ0) is 21.8. The molecule has 12 nitrogen and oxygen atoms in total. The highest BCUT2D eigenvalue weighted by molar-refractivity contribution is 5.75. The van der Waals surface area contributed by atoms with Crippen molar-refractivity contribution in [3.63, 3.8) is 0 Å². The van der Waals surface area contributed by atoms with Gasteiger partial charge in [0.15, 0.2) is 0 Å². The van der Waals surface area contributed by atoms with Crippen LogP contribution in [0, 0.1) is 11.3 Å². The van der Waals surface area contributed by atoms with Crippen molar-refractivity contribution in [2.24, 2.45) is 0 Å². The van der Waals surface area contributed by atoms with Crippen LogP contribution in [-0.4, -0.2) is 60.0 Å². The number of tetrazole rings is 1. The van der Waals surface area contributed by atoms with E-state index in [1.54, 1.807) is 18.2 Å². The number of methoxy groups -OCH3 is 2. The predicted molar refractivity (Wildman–Crippen MR) is 102 cm³/mol. The number of allylic oxidation sites excluding steroid dienone is 1. The van der Waals surface area contributed by atoms with Crippen LogP contribution in [0.2, 0.25) is 0 Å². The number of ether oxygens (including phenoxy) is 4. The number of hydrogen-bond donors (Lipinski definition) is 2. The zero-order valence-electron chi connectivity index (χ0n) is 16.4. The minimum absolute atomic E-state index is 0.0649. The van der Waals surface area contributed by atoms with Gasteiger partial charge in [0.05, 0.1) is 46.0 Å². The minimum Gasteiger partial charge on any atom is -0.493 e. The van der Waals surface area contributed by atoms with E-state index < -0.39 is 11.9 Å². The number of anilines is 1. The van der Waals surface area contributed by atoms with Crippen molar-refractivity contribution in [2.45, 2.75) is 12.8 Å². The molecule has 2 rings (SSSR count). The van der Waals surface area contributed by atoms with E-state index >= 15 is 0 Å². The fourth-order valence-corrected chi connectivity index (χ4v) is 2.11. The summed E-state index contributed by atoms with van der Waals surface area (Å²) in [6.07, 6.45) is 1.54. The van der Waals surface area contributed by atoms with Gasteiger partial charge in [-0.2, -0.15) is 10.5 Å². The summed E-state index contributed by atoms with van der Waals surface area (Å²) in [4.78, 5) is 22.5. The van der Waals surface area contributed by atoms with Gasteiger partial charge in [-0.15, -0.1) is 10.2 Å². The van der Waals surface area contributed by atoms with E-state index in [9.17, 15) is 14.9 Å². The fourth-order valence-electron chi connectivity index (χ4n) is 2.11. The first-order valence-corrected chi connectivity index (χ1v) is 8.71. The predicted octanol–water partition coefficient (Wildman–Crippen LogP) is 1.06. The van der Waals surface area contributed by atoms with E-state index in [2.05, 4.69) is 35.4 Å². The third kappa shape index (κ3) is 6.79. The summed E-state index contributed by atoms with van der Waals surface area (Å²) in [5, 5.41) is 25.4. The van der Waals surface area contributed by atoms with E-state index in [1.165, 1.54) is 20.4 Å². The van der Waals surface area contributed by atoms with Gasteiger partial charge in [0.25, 0.3) is 0 Å². The fraction of sp³-hybridized carbons (Fsp3) is 0.333. The van der Waals surface area contributed by atoms with Crippen LogP contribution >= 0.6 is 0 Å². The molecule has 2 aromatic rings. The Morgan fingerprint density at radius 1 is 1.17 bits per heavy atom. The number of carbonyl (C=O) groups is 2. The average Bonchev–Trinajstić information content (AvgIpc) is 3.29. The summed E-state index contributed by atoms with van der Waals surface area (Å²) in [6.45, 7) is 0.209. The number of esters is 2. The third-order valence-electron chi connectivity index (χ3n) is 3.62. The summed E-state index contributed by atoms with van der Waals surface area (Å²) >= 11 is 0. The third-order valence-corrected chi connectivity index (χ3v) is 3.62. The first-order chi connectivity index (χ1) is 14.6. The van der Waals surface area contributed by atoms with Gasteiger partial charge in [-0.05, 0) is 17.3 Å². The van der Waals surface area contributed by atoms with Gasteiger partial charge in [0, 0.05) is 12.3 Å². The Labute approximate surface area is 171 Å². The number of nitrogens with zero attached hydrogens (tertiary/aromatic N) is 4. The molecule has 30 heavy (non-hydrogen) atoms. The molecule has 0 radical (unpaired) electrons. The lowest BCUT2D eigenvalue weighted by atomic mass is 10.2. The van der Waals surface area contributed by atoms with Crippen molar-refractivity contribution in [1.82, 2.24) is 20.6 Å². The maximum absolute atomic E-state index is 11.3. The highest BCUT2D eigenvalue weighted by Gasteiger charge is 2.10. The summed E-state index contributed by atoms with van der Waals surface area (Å²) in [7, 11) is 2.59. The van der Waals surface area contributed by atoms with E-state index in [0.717, 1.165) is 0 Å². The van der Waals surface area contributed by atoms with Gasteiger partial charge >= 0.3 is 11.9 Å². The van der Waals surface area contributed by atoms with E-state index in [-0.39, 0.29) is 37.5 Å². The molecule has 1 aromatic heterocycles. The maximum atomic E-state index is 11.3. The number of carbonyl (C=O) groups excluding carboxylic acids is 2. The molecule has 12 heteroatoms. The number of hydrogen-bond acceptors (Lipinski definition) is 11. The normalized spacial score (nSPS) is 10.6. The highest BCUT2D eigenvalue weighted by Crippen LogP contribution is 2.30. The summed E-state index contributed by atoms with van der Waals surface area (Å²) < 4.78 is 20.3. The molecule has 0 fully saturated rings. The SMILES string of the molecule is COC(=O)CCOc1ccc(OCCC(=O)OC)c(NC=C(C#N)c2nn[nH]n2)c1. The molecule has 0 saturated heterocycles. The van der Waals surface area contributed by atoms with Gasteiger partial charge in [-0.3, -0.25) is 9.59 Å². The van der Waals surface area contributed by atoms with Crippen LogP contribution in [0.3, 0.4) is 0 Å². The summed E-state index contributed by atoms with van der Waals surface area (Å²) in [5.41, 5.74) is 0.577. The molecule has 0 spiro atoms. The lowest BCUT2D eigenvalue weighted by molar-refractivity contribution is -0.142. The van der Waals surface area contributed by atoms with Crippen LogP contribution in [0.15, 0.2) is 24.4 Å². The van der Waals surface area contributed by atoms with Gasteiger partial charge < -0.3 is 24.3 Å². The second-order valence-electron chi connectivity index (χ2n) is 5.56. The number of aromatic nitrogens is 4. The molecule has 0 aliphatic rings. The topological polar surface area (TPSA) is 161 Å². The molecule has 2 N–H and O–H groups in total. The van der Waals surface area contributed by atoms with E-state index in [0.29, 0.717) is 17.2 Å². The van der Waals surface area contributed by atoms with Crippen molar-refractivity contribution in [1.29, 1.82) is 5.26 Å². The maximum Gasteiger partial charge on any atom is 0.308 e. The zero-order valence-corrected chi connectivity index (χ0v) is 16.4. The van der Waals surface area contributed by atoms with Gasteiger partial charge in [-0.1, -0.05) is 0 Å². The van der Waals surface area contributed by atoms with Gasteiger partial charge in [0.1, 0.15) is 23.1 Å². The Morgan fingerprint density at radius 2 is 1.87 bits per heavy atom. The van der Waals surface area contributed by atoms with Crippen LogP contribution in [0.25, 0.3) is 5.57 Å². The Balaban J connectivity index is 2.16. The van der Waals surface area contributed by atoms with Crippen LogP contribution in [-0.2, 0) is 19.1 Å². The molecule has 0 aliphatic heterocycles. The van der Waals surface area contributed by atoms with Crippen LogP contribution in [0.4, 0.5) is 5.69 Å². The van der Waals surface area contributed by atoms with Crippen molar-refractivity contribution in [3.05, 3.63) is 30.2 Å². The molecule has 1 aromatic carbocycles. The first-order valence-electron chi connectivity index (χ1n) is 8.71. The lowest BCUT2D eigenvalue weighted by Crippen LogP contribution is -2.09. The molecule has 0 bridgehead atoms. The van der Waals surface area contributed by atoms with E-state index in [1.807, 2.05) is 6.07 Å². The molecular weight excluding hydrogens is 396 g/mol. The van der Waals surface area contributed by atoms with Crippen molar-refractivity contribution in [2.75, 3.05) is 32.8 Å². The Hall–Kier alpha value is -4.14. The number of H-pyrrole nitrogens is 1.